The Morgan fingerprint density at radius 2 is 2.07 bits per heavy atom. The Kier molecular flexibility index (Phi) is 2.49. The summed E-state index contributed by atoms with van der Waals surface area (Å²) < 4.78 is 0. The fourth-order valence-electron chi connectivity index (χ4n) is 2.13. The van der Waals surface area contributed by atoms with Gasteiger partial charge in [0.25, 0.3) is 0 Å². The first-order valence-electron chi connectivity index (χ1n) is 5.52. The Morgan fingerprint density at radius 1 is 1.29 bits per heavy atom. The monoisotopic (exact) mass is 189 g/mol. The van der Waals surface area contributed by atoms with Crippen LogP contribution in [0.3, 0.4) is 0 Å². The molecule has 0 amide bonds. The lowest BCUT2D eigenvalue weighted by Crippen LogP contribution is -2.24. The largest absolute Gasteiger partial charge is 0.374 e. The summed E-state index contributed by atoms with van der Waals surface area (Å²) in [5.74, 6) is 0.635. The maximum Gasteiger partial charge on any atom is 0.0399 e. The van der Waals surface area contributed by atoms with Crippen molar-refractivity contribution in [2.24, 2.45) is 0 Å². The van der Waals surface area contributed by atoms with Gasteiger partial charge >= 0.3 is 0 Å². The summed E-state index contributed by atoms with van der Waals surface area (Å²) >= 11 is 0. The lowest BCUT2D eigenvalue weighted by atomic mass is 9.96. The molecule has 76 valence electrons. The summed E-state index contributed by atoms with van der Waals surface area (Å²) in [6.07, 6.45) is 2.54. The van der Waals surface area contributed by atoms with Gasteiger partial charge in [0.05, 0.1) is 0 Å². The molecule has 0 atom stereocenters. The van der Waals surface area contributed by atoms with Gasteiger partial charge in [-0.05, 0) is 36.0 Å². The number of fused-ring (bicyclic) bond motifs is 1. The third kappa shape index (κ3) is 1.63. The highest BCUT2D eigenvalue weighted by atomic mass is 15.1. The Morgan fingerprint density at radius 3 is 2.79 bits per heavy atom. The predicted molar refractivity (Wildman–Crippen MR) is 62.1 cm³/mol. The van der Waals surface area contributed by atoms with Gasteiger partial charge in [-0.1, -0.05) is 26.0 Å². The van der Waals surface area contributed by atoms with Crippen LogP contribution in [0.2, 0.25) is 0 Å². The van der Waals surface area contributed by atoms with Gasteiger partial charge in [0, 0.05) is 19.3 Å². The summed E-state index contributed by atoms with van der Waals surface area (Å²) in [4.78, 5) is 2.38. The summed E-state index contributed by atoms with van der Waals surface area (Å²) in [6.45, 7) is 5.71. The molecular weight excluding hydrogens is 170 g/mol. The fraction of sp³-hybridized carbons (Fsp3) is 0.538. The normalized spacial score (nSPS) is 15.9. The minimum Gasteiger partial charge on any atom is -0.374 e. The first kappa shape index (κ1) is 9.57. The summed E-state index contributed by atoms with van der Waals surface area (Å²) in [6, 6.07) is 6.95. The van der Waals surface area contributed by atoms with Crippen LogP contribution in [0.4, 0.5) is 5.69 Å². The third-order valence-electron chi connectivity index (χ3n) is 3.13. The molecule has 2 rings (SSSR count). The smallest absolute Gasteiger partial charge is 0.0399 e. The molecule has 1 aliphatic rings. The van der Waals surface area contributed by atoms with Crippen molar-refractivity contribution in [2.45, 2.75) is 32.6 Å². The lowest BCUT2D eigenvalue weighted by Gasteiger charge is -2.28. The highest BCUT2D eigenvalue weighted by Gasteiger charge is 2.14. The van der Waals surface area contributed by atoms with Gasteiger partial charge in [-0.3, -0.25) is 0 Å². The molecule has 0 aromatic heterocycles. The first-order valence-corrected chi connectivity index (χ1v) is 5.52. The Labute approximate surface area is 86.7 Å². The van der Waals surface area contributed by atoms with Crippen molar-refractivity contribution in [1.29, 1.82) is 0 Å². The minimum absolute atomic E-state index is 0.635. The van der Waals surface area contributed by atoms with Crippen molar-refractivity contribution in [3.05, 3.63) is 29.3 Å². The van der Waals surface area contributed by atoms with E-state index in [1.807, 2.05) is 0 Å². The first-order chi connectivity index (χ1) is 6.68. The van der Waals surface area contributed by atoms with Crippen molar-refractivity contribution >= 4 is 5.69 Å². The molecule has 0 unspecified atom stereocenters. The van der Waals surface area contributed by atoms with Crippen molar-refractivity contribution in [3.63, 3.8) is 0 Å². The number of benzene rings is 1. The zero-order chi connectivity index (χ0) is 10.1. The Balaban J connectivity index is 2.41. The van der Waals surface area contributed by atoms with Crippen LogP contribution in [0, 0.1) is 0 Å². The molecule has 0 saturated heterocycles. The molecule has 1 heteroatoms. The van der Waals surface area contributed by atoms with Crippen LogP contribution in [0.1, 0.15) is 37.3 Å². The van der Waals surface area contributed by atoms with E-state index >= 15 is 0 Å². The standard InChI is InChI=1S/C13H19N/c1-10(2)12-7-6-11-5-4-8-14(3)13(11)9-12/h6-7,9-10H,4-5,8H2,1-3H3. The zero-order valence-corrected chi connectivity index (χ0v) is 9.38. The molecule has 1 aromatic carbocycles. The zero-order valence-electron chi connectivity index (χ0n) is 9.38. The van der Waals surface area contributed by atoms with Gasteiger partial charge in [0.2, 0.25) is 0 Å². The van der Waals surface area contributed by atoms with Crippen LogP contribution in [0.25, 0.3) is 0 Å². The van der Waals surface area contributed by atoms with Crippen molar-refractivity contribution < 1.29 is 0 Å². The topological polar surface area (TPSA) is 3.24 Å². The van der Waals surface area contributed by atoms with Crippen molar-refractivity contribution in [3.8, 4) is 0 Å². The van der Waals surface area contributed by atoms with Gasteiger partial charge < -0.3 is 4.90 Å². The number of hydrogen-bond donors (Lipinski definition) is 0. The SMILES string of the molecule is CC(C)c1ccc2c(c1)N(C)CCC2. The van der Waals surface area contributed by atoms with E-state index in [0.29, 0.717) is 5.92 Å². The molecule has 0 aliphatic carbocycles. The molecule has 0 spiro atoms. The quantitative estimate of drug-likeness (QED) is 0.655. The fourth-order valence-corrected chi connectivity index (χ4v) is 2.13. The lowest BCUT2D eigenvalue weighted by molar-refractivity contribution is 0.740. The molecule has 1 nitrogen and oxygen atoms in total. The van der Waals surface area contributed by atoms with Gasteiger partial charge in [-0.15, -0.1) is 0 Å². The number of hydrogen-bond acceptors (Lipinski definition) is 1. The molecular formula is C13H19N. The molecule has 0 bridgehead atoms. The summed E-state index contributed by atoms with van der Waals surface area (Å²) in [5.41, 5.74) is 4.42. The molecule has 0 N–H and O–H groups in total. The Hall–Kier alpha value is -0.980. The molecule has 1 heterocycles. The second-order valence-corrected chi connectivity index (χ2v) is 4.57. The average molecular weight is 189 g/mol. The van der Waals surface area contributed by atoms with Crippen LogP contribution in [0.15, 0.2) is 18.2 Å². The molecule has 0 saturated carbocycles. The third-order valence-corrected chi connectivity index (χ3v) is 3.13. The van der Waals surface area contributed by atoms with E-state index in [1.165, 1.54) is 36.2 Å². The molecule has 1 aliphatic heterocycles. The molecule has 1 aromatic rings. The van der Waals surface area contributed by atoms with E-state index in [2.05, 4.69) is 44.0 Å². The Bertz CT molecular complexity index is 328. The predicted octanol–water partition coefficient (Wildman–Crippen LogP) is 3.19. The molecule has 14 heavy (non-hydrogen) atoms. The number of rotatable bonds is 1. The van der Waals surface area contributed by atoms with E-state index in [-0.39, 0.29) is 0 Å². The van der Waals surface area contributed by atoms with Crippen LogP contribution in [-0.2, 0) is 6.42 Å². The maximum absolute atomic E-state index is 2.38. The average Bonchev–Trinajstić information content (AvgIpc) is 2.18. The van der Waals surface area contributed by atoms with Crippen molar-refractivity contribution in [1.82, 2.24) is 0 Å². The minimum atomic E-state index is 0.635. The van der Waals surface area contributed by atoms with Gasteiger partial charge in [-0.2, -0.15) is 0 Å². The van der Waals surface area contributed by atoms with Crippen LogP contribution < -0.4 is 4.90 Å². The van der Waals surface area contributed by atoms with Crippen LogP contribution in [0.5, 0.6) is 0 Å². The summed E-state index contributed by atoms with van der Waals surface area (Å²) in [5, 5.41) is 0. The maximum atomic E-state index is 2.38. The van der Waals surface area contributed by atoms with E-state index in [9.17, 15) is 0 Å². The van der Waals surface area contributed by atoms with Gasteiger partial charge in [-0.25, -0.2) is 0 Å². The number of aryl methyl sites for hydroxylation is 1. The number of nitrogens with zero attached hydrogens (tertiary/aromatic N) is 1. The highest BCUT2D eigenvalue weighted by Crippen LogP contribution is 2.29. The molecule has 0 fully saturated rings. The van der Waals surface area contributed by atoms with E-state index in [0.717, 1.165) is 0 Å². The van der Waals surface area contributed by atoms with Crippen molar-refractivity contribution in [2.75, 3.05) is 18.5 Å². The highest BCUT2D eigenvalue weighted by molar-refractivity contribution is 5.57. The molecule has 0 radical (unpaired) electrons. The van der Waals surface area contributed by atoms with E-state index in [4.69, 9.17) is 0 Å². The van der Waals surface area contributed by atoms with E-state index in [1.54, 1.807) is 0 Å². The number of anilines is 1. The van der Waals surface area contributed by atoms with Gasteiger partial charge in [0.15, 0.2) is 0 Å². The summed E-state index contributed by atoms with van der Waals surface area (Å²) in [7, 11) is 2.20. The second-order valence-electron chi connectivity index (χ2n) is 4.57. The second kappa shape index (κ2) is 3.64. The van der Waals surface area contributed by atoms with E-state index < -0.39 is 0 Å². The van der Waals surface area contributed by atoms with Crippen LogP contribution >= 0.6 is 0 Å². The van der Waals surface area contributed by atoms with Gasteiger partial charge in [0.1, 0.15) is 0 Å². The van der Waals surface area contributed by atoms with Crippen LogP contribution in [-0.4, -0.2) is 13.6 Å².